The van der Waals surface area contributed by atoms with Gasteiger partial charge in [-0.2, -0.15) is 13.2 Å². The number of halogens is 4. The number of ketones is 1. The average Bonchev–Trinajstić information content (AvgIpc) is 2.67. The summed E-state index contributed by atoms with van der Waals surface area (Å²) in [6.07, 6.45) is -0.505. The van der Waals surface area contributed by atoms with Crippen LogP contribution in [0, 0.1) is 12.7 Å². The number of hydrogen-bond acceptors (Lipinski definition) is 3. The van der Waals surface area contributed by atoms with Gasteiger partial charge in [0, 0.05) is 22.3 Å². The summed E-state index contributed by atoms with van der Waals surface area (Å²) >= 11 is 0. The number of allylic oxidation sites excluding steroid dienone is 3. The largest absolute Gasteiger partial charge is 0.456 e. The molecule has 2 aromatic carbocycles. The molecule has 0 saturated heterocycles. The first kappa shape index (κ1) is 16.5. The van der Waals surface area contributed by atoms with E-state index in [-0.39, 0.29) is 23.5 Å². The fourth-order valence-corrected chi connectivity index (χ4v) is 2.54. The number of aryl methyl sites for hydroxylation is 1. The van der Waals surface area contributed by atoms with Crippen LogP contribution in [0.1, 0.15) is 32.0 Å². The molecule has 1 N–H and O–H groups in total. The Labute approximate surface area is 167 Å². The highest BCUT2D eigenvalue weighted by atomic mass is 19.4. The van der Waals surface area contributed by atoms with Crippen molar-refractivity contribution in [1.82, 2.24) is 5.32 Å². The predicted octanol–water partition coefficient (Wildman–Crippen LogP) is 5.09. The molecule has 0 aromatic heterocycles. The SMILES string of the molecule is [2H]C([2H])([2H])c1cc(F)ccc1Oc1cc(C(F)(F)F)ccc1C(=O)NC1=CC(=O)CC=C1. The third-order valence-electron chi connectivity index (χ3n) is 3.91. The number of hydrogen-bond donors (Lipinski definition) is 1. The number of amides is 1. The second-order valence-corrected chi connectivity index (χ2v) is 6.08. The van der Waals surface area contributed by atoms with Crippen LogP contribution in [0.5, 0.6) is 11.5 Å². The Hall–Kier alpha value is -3.42. The maximum Gasteiger partial charge on any atom is 0.416 e. The van der Waals surface area contributed by atoms with E-state index in [1.54, 1.807) is 0 Å². The molecule has 0 radical (unpaired) electrons. The van der Waals surface area contributed by atoms with Crippen LogP contribution in [-0.2, 0) is 11.0 Å². The first-order valence-electron chi connectivity index (χ1n) is 9.76. The standard InChI is InChI=1S/C21H15F4NO3/c1-12-9-14(22)6-8-18(12)29-19-10-13(21(23,24)25)5-7-17(19)20(28)26-15-3-2-4-16(27)11-15/h2-3,5-11H,4H2,1H3,(H,26,28)/i1D3. The molecule has 1 aliphatic rings. The molecule has 8 heteroatoms. The van der Waals surface area contributed by atoms with Crippen LogP contribution in [0.4, 0.5) is 17.6 Å². The normalized spacial score (nSPS) is 15.8. The molecule has 4 nitrogen and oxygen atoms in total. The van der Waals surface area contributed by atoms with Crippen LogP contribution in [0.25, 0.3) is 0 Å². The van der Waals surface area contributed by atoms with Gasteiger partial charge in [-0.05, 0) is 54.9 Å². The Kier molecular flexibility index (Phi) is 4.50. The molecular weight excluding hydrogens is 390 g/mol. The molecule has 0 spiro atoms. The molecule has 0 fully saturated rings. The number of rotatable bonds is 4. The van der Waals surface area contributed by atoms with Crippen molar-refractivity contribution in [3.8, 4) is 11.5 Å². The third-order valence-corrected chi connectivity index (χ3v) is 3.91. The van der Waals surface area contributed by atoms with Crippen molar-refractivity contribution in [2.75, 3.05) is 0 Å². The van der Waals surface area contributed by atoms with Gasteiger partial charge in [-0.1, -0.05) is 6.08 Å². The van der Waals surface area contributed by atoms with E-state index < -0.39 is 47.4 Å². The van der Waals surface area contributed by atoms with E-state index in [2.05, 4.69) is 5.32 Å². The maximum atomic E-state index is 13.6. The molecule has 1 amide bonds. The van der Waals surface area contributed by atoms with Crippen molar-refractivity contribution in [2.24, 2.45) is 0 Å². The van der Waals surface area contributed by atoms with Crippen LogP contribution in [0.2, 0.25) is 0 Å². The molecule has 29 heavy (non-hydrogen) atoms. The molecule has 3 rings (SSSR count). The van der Waals surface area contributed by atoms with Crippen LogP contribution in [-0.4, -0.2) is 11.7 Å². The van der Waals surface area contributed by atoms with Crippen molar-refractivity contribution in [3.63, 3.8) is 0 Å². The zero-order valence-corrected chi connectivity index (χ0v) is 14.6. The molecule has 0 aliphatic heterocycles. The van der Waals surface area contributed by atoms with Gasteiger partial charge in [0.2, 0.25) is 0 Å². The van der Waals surface area contributed by atoms with Crippen molar-refractivity contribution in [1.29, 1.82) is 0 Å². The van der Waals surface area contributed by atoms with E-state index in [4.69, 9.17) is 8.85 Å². The minimum Gasteiger partial charge on any atom is -0.456 e. The molecule has 0 saturated carbocycles. The summed E-state index contributed by atoms with van der Waals surface area (Å²) in [5, 5.41) is 2.39. The van der Waals surface area contributed by atoms with E-state index in [1.165, 1.54) is 12.2 Å². The first-order chi connectivity index (χ1) is 14.8. The number of benzene rings is 2. The third kappa shape index (κ3) is 4.90. The molecule has 0 bridgehead atoms. The lowest BCUT2D eigenvalue weighted by Gasteiger charge is -2.16. The Morgan fingerprint density at radius 2 is 1.97 bits per heavy atom. The van der Waals surface area contributed by atoms with Crippen molar-refractivity contribution < 1.29 is 36.0 Å². The summed E-state index contributed by atoms with van der Waals surface area (Å²) < 4.78 is 81.2. The average molecular weight is 408 g/mol. The highest BCUT2D eigenvalue weighted by Crippen LogP contribution is 2.35. The molecule has 1 aliphatic carbocycles. The van der Waals surface area contributed by atoms with Gasteiger partial charge in [0.25, 0.3) is 5.91 Å². The number of carbonyl (C=O) groups is 2. The zero-order valence-electron chi connectivity index (χ0n) is 17.6. The molecule has 0 atom stereocenters. The lowest BCUT2D eigenvalue weighted by Crippen LogP contribution is -2.24. The van der Waals surface area contributed by atoms with Crippen molar-refractivity contribution >= 4 is 11.7 Å². The highest BCUT2D eigenvalue weighted by molar-refractivity contribution is 6.00. The van der Waals surface area contributed by atoms with Crippen molar-refractivity contribution in [2.45, 2.75) is 19.4 Å². The first-order valence-corrected chi connectivity index (χ1v) is 8.26. The van der Waals surface area contributed by atoms with E-state index in [1.807, 2.05) is 0 Å². The second-order valence-electron chi connectivity index (χ2n) is 6.08. The van der Waals surface area contributed by atoms with Crippen LogP contribution < -0.4 is 10.1 Å². The Morgan fingerprint density at radius 3 is 2.66 bits per heavy atom. The quantitative estimate of drug-likeness (QED) is 0.718. The van der Waals surface area contributed by atoms with Gasteiger partial charge in [0.1, 0.15) is 17.3 Å². The lowest BCUT2D eigenvalue weighted by molar-refractivity contribution is -0.137. The van der Waals surface area contributed by atoms with Gasteiger partial charge in [-0.25, -0.2) is 4.39 Å². The van der Waals surface area contributed by atoms with Crippen molar-refractivity contribution in [3.05, 3.63) is 82.8 Å². The molecule has 0 heterocycles. The highest BCUT2D eigenvalue weighted by Gasteiger charge is 2.32. The van der Waals surface area contributed by atoms with E-state index in [9.17, 15) is 27.2 Å². The fraction of sp³-hybridized carbons (Fsp3) is 0.143. The van der Waals surface area contributed by atoms with Gasteiger partial charge in [0.15, 0.2) is 5.78 Å². The predicted molar refractivity (Wildman–Crippen MR) is 97.0 cm³/mol. The van der Waals surface area contributed by atoms with Gasteiger partial charge < -0.3 is 10.1 Å². The summed E-state index contributed by atoms with van der Waals surface area (Å²) in [6, 6.07) is 4.57. The Balaban J connectivity index is 2.05. The summed E-state index contributed by atoms with van der Waals surface area (Å²) in [5.41, 5.74) is -1.95. The topological polar surface area (TPSA) is 55.4 Å². The maximum absolute atomic E-state index is 13.6. The number of nitrogens with one attached hydrogen (secondary N) is 1. The summed E-state index contributed by atoms with van der Waals surface area (Å²) in [4.78, 5) is 24.2. The Bertz CT molecular complexity index is 1140. The summed E-state index contributed by atoms with van der Waals surface area (Å²) in [6.45, 7) is -2.83. The van der Waals surface area contributed by atoms with Gasteiger partial charge in [-0.15, -0.1) is 0 Å². The van der Waals surface area contributed by atoms with Gasteiger partial charge in [-0.3, -0.25) is 9.59 Å². The van der Waals surface area contributed by atoms with Gasteiger partial charge in [0.05, 0.1) is 11.1 Å². The smallest absolute Gasteiger partial charge is 0.416 e. The van der Waals surface area contributed by atoms with E-state index in [0.29, 0.717) is 18.2 Å². The number of ether oxygens (including phenoxy) is 1. The van der Waals surface area contributed by atoms with E-state index in [0.717, 1.165) is 24.3 Å². The summed E-state index contributed by atoms with van der Waals surface area (Å²) in [7, 11) is 0. The minimum atomic E-state index is -4.77. The lowest BCUT2D eigenvalue weighted by atomic mass is 10.1. The van der Waals surface area contributed by atoms with Crippen LogP contribution >= 0.6 is 0 Å². The summed E-state index contributed by atoms with van der Waals surface area (Å²) in [5.74, 6) is -3.09. The molecule has 0 unspecified atom stereocenters. The van der Waals surface area contributed by atoms with E-state index >= 15 is 0 Å². The fourth-order valence-electron chi connectivity index (χ4n) is 2.54. The zero-order chi connectivity index (χ0) is 23.7. The van der Waals surface area contributed by atoms with Gasteiger partial charge >= 0.3 is 6.18 Å². The molecule has 150 valence electrons. The molecule has 2 aromatic rings. The number of carbonyl (C=O) groups excluding carboxylic acids is 2. The number of alkyl halides is 3. The molecular formula is C21H15F4NO3. The van der Waals surface area contributed by atoms with Crippen LogP contribution in [0.15, 0.2) is 60.3 Å². The Morgan fingerprint density at radius 1 is 1.17 bits per heavy atom. The monoisotopic (exact) mass is 408 g/mol. The second kappa shape index (κ2) is 7.90. The van der Waals surface area contributed by atoms with Crippen LogP contribution in [0.3, 0.4) is 0 Å². The minimum absolute atomic E-state index is 0.127.